The topological polar surface area (TPSA) is 235 Å². The van der Waals surface area contributed by atoms with Gasteiger partial charge < -0.3 is 45.3 Å². The molecular weight excluding hydrogens is 740 g/mol. The van der Waals surface area contributed by atoms with Gasteiger partial charge in [0.25, 0.3) is 11.8 Å². The van der Waals surface area contributed by atoms with Gasteiger partial charge in [0.05, 0.1) is 33.6 Å². The molecule has 0 aliphatic rings. The van der Waals surface area contributed by atoms with Crippen molar-refractivity contribution in [2.45, 2.75) is 0 Å². The molecule has 2 amide bonds. The van der Waals surface area contributed by atoms with Crippen molar-refractivity contribution in [1.82, 2.24) is 0 Å². The number of carboxylic acid groups (broad SMARTS) is 4. The number of carbonyl (C=O) groups excluding carboxylic acids is 2. The predicted octanol–water partition coefficient (Wildman–Crippen LogP) is 8.36. The second-order valence-electron chi connectivity index (χ2n) is 11.9. The van der Waals surface area contributed by atoms with Gasteiger partial charge in [-0.3, -0.25) is 9.59 Å². The molecule has 0 aliphatic carbocycles. The molecule has 0 saturated heterocycles. The minimum Gasteiger partial charge on any atom is -0.478 e. The highest BCUT2D eigenvalue weighted by Crippen LogP contribution is 2.33. The van der Waals surface area contributed by atoms with E-state index < -0.39 is 57.9 Å². The summed E-state index contributed by atoms with van der Waals surface area (Å²) in [6, 6.07) is 32.3. The van der Waals surface area contributed by atoms with Crippen molar-refractivity contribution in [2.75, 3.05) is 10.6 Å². The Morgan fingerprint density at radius 1 is 0.368 bits per heavy atom. The van der Waals surface area contributed by atoms with Gasteiger partial charge in [0, 0.05) is 11.1 Å². The standard InChI is InChI=1S/C42H28N2O13/c45-37(43-33-5-1-3-7-35(33)56-27-17-19-29(39(47)48)31(21-27)41(51)52)23-9-13-25(14-10-23)55-26-15-11-24(12-16-26)38(46)44-34-6-2-4-8-36(34)57-28-18-20-30(40(49)50)32(22-28)42(53)54/h1-22H,(H,43,45)(H,44,46)(H,47,48)(H,49,50)(H,51,52)(H,53,54). The number of ether oxygens (including phenoxy) is 3. The van der Waals surface area contributed by atoms with E-state index in [1.807, 2.05) is 0 Å². The number of amides is 2. The smallest absolute Gasteiger partial charge is 0.336 e. The van der Waals surface area contributed by atoms with Crippen LogP contribution in [0.3, 0.4) is 0 Å². The minimum absolute atomic E-state index is 0.0483. The molecule has 0 fully saturated rings. The Bertz CT molecular complexity index is 2370. The second kappa shape index (κ2) is 16.7. The van der Waals surface area contributed by atoms with Crippen molar-refractivity contribution >= 4 is 47.1 Å². The summed E-state index contributed by atoms with van der Waals surface area (Å²) in [5.41, 5.74) is -0.642. The Morgan fingerprint density at radius 3 is 1.05 bits per heavy atom. The number of carboxylic acids is 4. The van der Waals surface area contributed by atoms with E-state index in [2.05, 4.69) is 10.6 Å². The van der Waals surface area contributed by atoms with E-state index >= 15 is 0 Å². The van der Waals surface area contributed by atoms with E-state index in [0.29, 0.717) is 11.5 Å². The van der Waals surface area contributed by atoms with E-state index in [0.717, 1.165) is 24.3 Å². The molecule has 0 spiro atoms. The lowest BCUT2D eigenvalue weighted by molar-refractivity contribution is 0.0651. The number of benzene rings is 6. The maximum Gasteiger partial charge on any atom is 0.336 e. The Kier molecular flexibility index (Phi) is 11.2. The summed E-state index contributed by atoms with van der Waals surface area (Å²) in [4.78, 5) is 72.2. The first-order chi connectivity index (χ1) is 27.4. The molecule has 15 heteroatoms. The Labute approximate surface area is 321 Å². The van der Waals surface area contributed by atoms with Gasteiger partial charge in [-0.15, -0.1) is 0 Å². The molecule has 15 nitrogen and oxygen atoms in total. The van der Waals surface area contributed by atoms with Crippen molar-refractivity contribution in [3.05, 3.63) is 167 Å². The molecule has 57 heavy (non-hydrogen) atoms. The van der Waals surface area contributed by atoms with Crippen LogP contribution in [-0.2, 0) is 0 Å². The average molecular weight is 769 g/mol. The fourth-order valence-corrected chi connectivity index (χ4v) is 5.35. The van der Waals surface area contributed by atoms with Gasteiger partial charge in [-0.05, 0) is 109 Å². The van der Waals surface area contributed by atoms with Gasteiger partial charge in [-0.25, -0.2) is 19.2 Å². The maximum absolute atomic E-state index is 13.1. The van der Waals surface area contributed by atoms with E-state index in [4.69, 9.17) is 14.2 Å². The van der Waals surface area contributed by atoms with Gasteiger partial charge in [0.2, 0.25) is 0 Å². The monoisotopic (exact) mass is 768 g/mol. The first-order valence-corrected chi connectivity index (χ1v) is 16.6. The number of anilines is 2. The Morgan fingerprint density at radius 2 is 0.702 bits per heavy atom. The van der Waals surface area contributed by atoms with Gasteiger partial charge in [-0.2, -0.15) is 0 Å². The first-order valence-electron chi connectivity index (χ1n) is 16.6. The van der Waals surface area contributed by atoms with E-state index in [1.165, 1.54) is 36.4 Å². The summed E-state index contributed by atoms with van der Waals surface area (Å²) < 4.78 is 17.5. The van der Waals surface area contributed by atoms with E-state index in [9.17, 15) is 49.2 Å². The molecule has 0 saturated carbocycles. The van der Waals surface area contributed by atoms with Crippen LogP contribution in [0.5, 0.6) is 34.5 Å². The molecule has 6 aromatic rings. The summed E-state index contributed by atoms with van der Waals surface area (Å²) in [6.07, 6.45) is 0. The lowest BCUT2D eigenvalue weighted by Gasteiger charge is -2.14. The largest absolute Gasteiger partial charge is 0.478 e. The highest BCUT2D eigenvalue weighted by molar-refractivity contribution is 6.06. The highest BCUT2D eigenvalue weighted by Gasteiger charge is 2.20. The molecule has 6 rings (SSSR count). The zero-order valence-corrected chi connectivity index (χ0v) is 29.2. The van der Waals surface area contributed by atoms with Crippen LogP contribution in [-0.4, -0.2) is 56.1 Å². The first kappa shape index (κ1) is 38.3. The normalized spacial score (nSPS) is 10.5. The number of aromatic carboxylic acids is 4. The molecule has 6 aromatic carbocycles. The molecule has 0 aromatic heterocycles. The van der Waals surface area contributed by atoms with Crippen molar-refractivity contribution in [3.8, 4) is 34.5 Å². The second-order valence-corrected chi connectivity index (χ2v) is 11.9. The summed E-state index contributed by atoms with van der Waals surface area (Å²) in [5.74, 6) is -5.43. The molecule has 0 aliphatic heterocycles. The molecule has 0 heterocycles. The number of hydrogen-bond acceptors (Lipinski definition) is 9. The number of para-hydroxylation sites is 4. The average Bonchev–Trinajstić information content (AvgIpc) is 3.19. The van der Waals surface area contributed by atoms with Crippen LogP contribution in [0.25, 0.3) is 0 Å². The Balaban J connectivity index is 1.07. The van der Waals surface area contributed by atoms with Crippen molar-refractivity contribution in [3.63, 3.8) is 0 Å². The third-order valence-corrected chi connectivity index (χ3v) is 8.10. The maximum atomic E-state index is 13.1. The Hall–Kier alpha value is -8.46. The zero-order valence-electron chi connectivity index (χ0n) is 29.2. The van der Waals surface area contributed by atoms with Crippen LogP contribution in [0, 0.1) is 0 Å². The lowest BCUT2D eigenvalue weighted by Crippen LogP contribution is -2.12. The molecule has 6 N–H and O–H groups in total. The van der Waals surface area contributed by atoms with Gasteiger partial charge in [-0.1, -0.05) is 24.3 Å². The van der Waals surface area contributed by atoms with Crippen molar-refractivity contribution < 1.29 is 63.4 Å². The summed E-state index contributed by atoms with van der Waals surface area (Å²) in [7, 11) is 0. The predicted molar refractivity (Wildman–Crippen MR) is 203 cm³/mol. The van der Waals surface area contributed by atoms with Crippen LogP contribution < -0.4 is 24.8 Å². The third-order valence-electron chi connectivity index (χ3n) is 8.10. The number of carbonyl (C=O) groups is 6. The molecule has 0 bridgehead atoms. The van der Waals surface area contributed by atoms with Crippen LogP contribution in [0.1, 0.15) is 62.1 Å². The van der Waals surface area contributed by atoms with Gasteiger partial charge >= 0.3 is 23.9 Å². The number of rotatable bonds is 14. The molecule has 0 radical (unpaired) electrons. The summed E-state index contributed by atoms with van der Waals surface area (Å²) in [6.45, 7) is 0. The van der Waals surface area contributed by atoms with Crippen LogP contribution in [0.4, 0.5) is 11.4 Å². The fourth-order valence-electron chi connectivity index (χ4n) is 5.35. The van der Waals surface area contributed by atoms with Crippen LogP contribution in [0.15, 0.2) is 133 Å². The van der Waals surface area contributed by atoms with Gasteiger partial charge in [0.1, 0.15) is 23.0 Å². The quantitative estimate of drug-likeness (QED) is 0.0612. The third kappa shape index (κ3) is 9.20. The zero-order chi connectivity index (χ0) is 40.6. The summed E-state index contributed by atoms with van der Waals surface area (Å²) in [5, 5.41) is 42.9. The number of nitrogens with one attached hydrogen (secondary N) is 2. The van der Waals surface area contributed by atoms with E-state index in [1.54, 1.807) is 72.8 Å². The minimum atomic E-state index is -1.44. The SMILES string of the molecule is O=C(Nc1ccccc1Oc1ccc(C(=O)O)c(C(=O)O)c1)c1ccc(Oc2ccc(C(=O)Nc3ccccc3Oc3ccc(C(=O)O)c(C(=O)O)c3)cc2)cc1. The lowest BCUT2D eigenvalue weighted by atomic mass is 10.1. The molecule has 0 atom stereocenters. The summed E-state index contributed by atoms with van der Waals surface area (Å²) >= 11 is 0. The molecule has 0 unspecified atom stereocenters. The molecule has 284 valence electrons. The van der Waals surface area contributed by atoms with Crippen molar-refractivity contribution in [2.24, 2.45) is 0 Å². The van der Waals surface area contributed by atoms with E-state index in [-0.39, 0.29) is 45.5 Å². The van der Waals surface area contributed by atoms with Crippen molar-refractivity contribution in [1.29, 1.82) is 0 Å². The highest BCUT2D eigenvalue weighted by atomic mass is 16.5. The fraction of sp³-hybridized carbons (Fsp3) is 0. The number of hydrogen-bond donors (Lipinski definition) is 6. The van der Waals surface area contributed by atoms with Crippen LogP contribution in [0.2, 0.25) is 0 Å². The molecular formula is C42H28N2O13. The van der Waals surface area contributed by atoms with Crippen LogP contribution >= 0.6 is 0 Å². The van der Waals surface area contributed by atoms with Gasteiger partial charge in [0.15, 0.2) is 11.5 Å².